The summed E-state index contributed by atoms with van der Waals surface area (Å²) in [7, 11) is 0. The van der Waals surface area contributed by atoms with Gasteiger partial charge in [-0.05, 0) is 48.7 Å². The first-order valence-electron chi connectivity index (χ1n) is 7.81. The number of para-hydroxylation sites is 1. The van der Waals surface area contributed by atoms with E-state index in [9.17, 15) is 9.59 Å². The number of hydrogen-bond donors (Lipinski definition) is 1. The fraction of sp³-hybridized carbons (Fsp3) is 0.150. The smallest absolute Gasteiger partial charge is 0.349 e. The van der Waals surface area contributed by atoms with E-state index in [0.29, 0.717) is 16.3 Å². The number of nitrogens with one attached hydrogen (secondary N) is 1. The minimum absolute atomic E-state index is 0.202. The van der Waals surface area contributed by atoms with Crippen LogP contribution in [0, 0.1) is 25.2 Å². The highest BCUT2D eigenvalue weighted by molar-refractivity contribution is 6.30. The molecule has 0 aliphatic heterocycles. The average molecular weight is 369 g/mol. The molecule has 26 heavy (non-hydrogen) atoms. The van der Waals surface area contributed by atoms with E-state index in [-0.39, 0.29) is 5.57 Å². The van der Waals surface area contributed by atoms with Crippen molar-refractivity contribution in [3.05, 3.63) is 69.8 Å². The molecule has 0 unspecified atom stereocenters. The fourth-order valence-electron chi connectivity index (χ4n) is 2.26. The van der Waals surface area contributed by atoms with Gasteiger partial charge >= 0.3 is 5.97 Å². The van der Waals surface area contributed by atoms with Crippen molar-refractivity contribution in [3.63, 3.8) is 0 Å². The van der Waals surface area contributed by atoms with Crippen LogP contribution in [0.1, 0.15) is 16.7 Å². The molecule has 2 rings (SSSR count). The Hall–Kier alpha value is -3.10. The molecule has 5 nitrogen and oxygen atoms in total. The zero-order valence-corrected chi connectivity index (χ0v) is 15.1. The number of carbonyl (C=O) groups excluding carboxylic acids is 2. The predicted molar refractivity (Wildman–Crippen MR) is 101 cm³/mol. The van der Waals surface area contributed by atoms with Crippen molar-refractivity contribution in [1.82, 2.24) is 0 Å². The number of nitriles is 1. The molecule has 1 N–H and O–H groups in total. The van der Waals surface area contributed by atoms with Crippen molar-refractivity contribution < 1.29 is 14.3 Å². The van der Waals surface area contributed by atoms with Gasteiger partial charge in [0.05, 0.1) is 0 Å². The van der Waals surface area contributed by atoms with Gasteiger partial charge in [0.1, 0.15) is 11.6 Å². The van der Waals surface area contributed by atoms with Crippen molar-refractivity contribution in [3.8, 4) is 6.07 Å². The van der Waals surface area contributed by atoms with Crippen LogP contribution in [-0.4, -0.2) is 18.5 Å². The van der Waals surface area contributed by atoms with E-state index in [1.54, 1.807) is 30.3 Å². The zero-order valence-electron chi connectivity index (χ0n) is 14.4. The number of aryl methyl sites for hydroxylation is 2. The van der Waals surface area contributed by atoms with Gasteiger partial charge in [-0.2, -0.15) is 5.26 Å². The molecule has 0 aliphatic carbocycles. The molecule has 0 radical (unpaired) electrons. The summed E-state index contributed by atoms with van der Waals surface area (Å²) in [6.07, 6.45) is 1.38. The van der Waals surface area contributed by atoms with Crippen LogP contribution in [0.5, 0.6) is 0 Å². The minimum Gasteiger partial charge on any atom is -0.451 e. The molecule has 0 fully saturated rings. The number of halogens is 1. The molecule has 0 aromatic heterocycles. The first-order valence-corrected chi connectivity index (χ1v) is 8.19. The van der Waals surface area contributed by atoms with Crippen LogP contribution in [0.25, 0.3) is 6.08 Å². The molecule has 0 atom stereocenters. The Balaban J connectivity index is 1.99. The first kappa shape index (κ1) is 19.2. The van der Waals surface area contributed by atoms with Crippen LogP contribution < -0.4 is 5.32 Å². The minimum atomic E-state index is -0.862. The number of nitrogens with zero attached hydrogens (tertiary/aromatic N) is 1. The molecule has 6 heteroatoms. The van der Waals surface area contributed by atoms with Crippen molar-refractivity contribution >= 4 is 35.2 Å². The maximum absolute atomic E-state index is 12.0. The summed E-state index contributed by atoms with van der Waals surface area (Å²) in [4.78, 5) is 24.0. The summed E-state index contributed by atoms with van der Waals surface area (Å²) in [6.45, 7) is 3.26. The fourth-order valence-corrected chi connectivity index (χ4v) is 2.38. The Morgan fingerprint density at radius 2 is 1.77 bits per heavy atom. The first-order chi connectivity index (χ1) is 12.4. The van der Waals surface area contributed by atoms with Gasteiger partial charge < -0.3 is 10.1 Å². The third-order valence-corrected chi connectivity index (χ3v) is 3.85. The molecule has 0 spiro atoms. The van der Waals surface area contributed by atoms with Crippen molar-refractivity contribution in [2.45, 2.75) is 13.8 Å². The second-order valence-corrected chi connectivity index (χ2v) is 6.05. The summed E-state index contributed by atoms with van der Waals surface area (Å²) in [5, 5.41) is 12.4. The second kappa shape index (κ2) is 8.84. The van der Waals surface area contributed by atoms with Gasteiger partial charge in [0, 0.05) is 10.7 Å². The number of rotatable bonds is 5. The highest BCUT2D eigenvalue weighted by Crippen LogP contribution is 2.19. The van der Waals surface area contributed by atoms with Gasteiger partial charge in [-0.15, -0.1) is 0 Å². The molecule has 0 heterocycles. The predicted octanol–water partition coefficient (Wildman–Crippen LogP) is 4.05. The largest absolute Gasteiger partial charge is 0.451 e. The molecule has 1 amide bonds. The van der Waals surface area contributed by atoms with Gasteiger partial charge in [0.2, 0.25) is 0 Å². The molecule has 0 saturated heterocycles. The average Bonchev–Trinajstić information content (AvgIpc) is 2.62. The van der Waals surface area contributed by atoms with Crippen molar-refractivity contribution in [2.24, 2.45) is 0 Å². The van der Waals surface area contributed by atoms with E-state index in [1.165, 1.54) is 6.08 Å². The maximum atomic E-state index is 12.0. The third-order valence-electron chi connectivity index (χ3n) is 3.60. The van der Waals surface area contributed by atoms with Crippen LogP contribution >= 0.6 is 11.6 Å². The molecule has 0 aliphatic rings. The SMILES string of the molecule is Cc1cccc(C)c1NC(=O)COC(=O)/C(C#N)=C/c1ccc(Cl)cc1. The lowest BCUT2D eigenvalue weighted by Gasteiger charge is -2.11. The van der Waals surface area contributed by atoms with E-state index in [2.05, 4.69) is 5.32 Å². The van der Waals surface area contributed by atoms with Gasteiger partial charge in [0.25, 0.3) is 5.91 Å². The summed E-state index contributed by atoms with van der Waals surface area (Å²) in [5.41, 5.74) is 2.93. The van der Waals surface area contributed by atoms with Crippen molar-refractivity contribution in [2.75, 3.05) is 11.9 Å². The monoisotopic (exact) mass is 368 g/mol. The Kier molecular flexibility index (Phi) is 6.54. The van der Waals surface area contributed by atoms with E-state index in [1.807, 2.05) is 32.0 Å². The second-order valence-electron chi connectivity index (χ2n) is 5.61. The van der Waals surface area contributed by atoms with Crippen molar-refractivity contribution in [1.29, 1.82) is 5.26 Å². The van der Waals surface area contributed by atoms with Gasteiger partial charge in [-0.3, -0.25) is 4.79 Å². The molecule has 2 aromatic carbocycles. The number of amides is 1. The van der Waals surface area contributed by atoms with Crippen LogP contribution in [0.3, 0.4) is 0 Å². The Bertz CT molecular complexity index is 876. The third kappa shape index (κ3) is 5.20. The highest BCUT2D eigenvalue weighted by atomic mass is 35.5. The lowest BCUT2D eigenvalue weighted by molar-refractivity contribution is -0.142. The summed E-state index contributed by atoms with van der Waals surface area (Å²) in [6, 6.07) is 14.0. The lowest BCUT2D eigenvalue weighted by atomic mass is 10.1. The van der Waals surface area contributed by atoms with E-state index >= 15 is 0 Å². The van der Waals surface area contributed by atoms with Crippen LogP contribution in [0.15, 0.2) is 48.0 Å². The Morgan fingerprint density at radius 3 is 2.35 bits per heavy atom. The topological polar surface area (TPSA) is 79.2 Å². The standard InChI is InChI=1S/C20H17ClN2O3/c1-13-4-3-5-14(2)19(13)23-18(24)12-26-20(25)16(11-22)10-15-6-8-17(21)9-7-15/h3-10H,12H2,1-2H3,(H,23,24)/b16-10+. The van der Waals surface area contributed by atoms with Gasteiger partial charge in [-0.25, -0.2) is 4.79 Å². The highest BCUT2D eigenvalue weighted by Gasteiger charge is 2.14. The molecule has 2 aromatic rings. The summed E-state index contributed by atoms with van der Waals surface area (Å²) in [5.74, 6) is -1.33. The van der Waals surface area contributed by atoms with E-state index in [0.717, 1.165) is 11.1 Å². The van der Waals surface area contributed by atoms with Gasteiger partial charge in [-0.1, -0.05) is 41.9 Å². The number of anilines is 1. The Labute approximate surface area is 156 Å². The zero-order chi connectivity index (χ0) is 19.1. The normalized spacial score (nSPS) is 10.8. The molecule has 0 bridgehead atoms. The van der Waals surface area contributed by atoms with Crippen LogP contribution in [-0.2, 0) is 14.3 Å². The van der Waals surface area contributed by atoms with E-state index in [4.69, 9.17) is 21.6 Å². The maximum Gasteiger partial charge on any atom is 0.349 e. The van der Waals surface area contributed by atoms with Crippen LogP contribution in [0.2, 0.25) is 5.02 Å². The molecular formula is C20H17ClN2O3. The number of hydrogen-bond acceptors (Lipinski definition) is 4. The quantitative estimate of drug-likeness (QED) is 0.490. The summed E-state index contributed by atoms with van der Waals surface area (Å²) < 4.78 is 4.94. The Morgan fingerprint density at radius 1 is 1.15 bits per heavy atom. The lowest BCUT2D eigenvalue weighted by Crippen LogP contribution is -2.22. The van der Waals surface area contributed by atoms with Gasteiger partial charge in [0.15, 0.2) is 6.61 Å². The summed E-state index contributed by atoms with van der Waals surface area (Å²) >= 11 is 5.80. The number of carbonyl (C=O) groups is 2. The van der Waals surface area contributed by atoms with Crippen LogP contribution in [0.4, 0.5) is 5.69 Å². The van der Waals surface area contributed by atoms with E-state index < -0.39 is 18.5 Å². The number of esters is 1. The molecule has 132 valence electrons. The molecular weight excluding hydrogens is 352 g/mol. The number of ether oxygens (including phenoxy) is 1. The molecule has 0 saturated carbocycles. The number of benzene rings is 2.